The first-order valence-electron chi connectivity index (χ1n) is 11.5. The van der Waals surface area contributed by atoms with E-state index in [4.69, 9.17) is 11.1 Å². The molecule has 3 heterocycles. The Morgan fingerprint density at radius 3 is 2.09 bits per heavy atom. The molecule has 0 atom stereocenters. The largest absolute Gasteiger partial charge is 0.416 e. The highest BCUT2D eigenvalue weighted by Crippen LogP contribution is 2.30. The van der Waals surface area contributed by atoms with Gasteiger partial charge in [0.15, 0.2) is 0 Å². The number of halogens is 3. The Kier molecular flexibility index (Phi) is 7.16. The Labute approximate surface area is 196 Å². The zero-order valence-electron chi connectivity index (χ0n) is 18.9. The maximum absolute atomic E-state index is 13.0. The first kappa shape index (κ1) is 24.1. The van der Waals surface area contributed by atoms with Crippen LogP contribution >= 0.6 is 0 Å². The van der Waals surface area contributed by atoms with Crippen molar-refractivity contribution >= 4 is 17.6 Å². The van der Waals surface area contributed by atoms with E-state index in [0.717, 1.165) is 50.2 Å². The molecule has 34 heavy (non-hydrogen) atoms. The van der Waals surface area contributed by atoms with E-state index in [0.29, 0.717) is 37.2 Å². The standard InChI is InChI=1S/C24H29F3N6O/c25-24(26,27)20-3-1-17(2-4-20)21(28)18-7-11-33(12-8-18)22(34)19-5-9-32(10-6-19)15-16-13-30-23(29)31-14-16/h1-4,13-14,18-19,28H,5-12,15H2,(H2,29,30,31). The summed E-state index contributed by atoms with van der Waals surface area (Å²) in [5, 5.41) is 8.44. The number of alkyl halides is 3. The van der Waals surface area contributed by atoms with E-state index >= 15 is 0 Å². The minimum absolute atomic E-state index is 0.00447. The van der Waals surface area contributed by atoms with Crippen molar-refractivity contribution in [2.45, 2.75) is 38.4 Å². The van der Waals surface area contributed by atoms with Gasteiger partial charge in [0.25, 0.3) is 0 Å². The normalized spacial score (nSPS) is 18.7. The molecule has 2 aliphatic heterocycles. The molecular formula is C24H29F3N6O. The summed E-state index contributed by atoms with van der Waals surface area (Å²) in [6, 6.07) is 4.78. The number of hydrogen-bond donors (Lipinski definition) is 2. The zero-order chi connectivity index (χ0) is 24.3. The molecule has 0 unspecified atom stereocenters. The van der Waals surface area contributed by atoms with E-state index in [1.54, 1.807) is 12.4 Å². The number of amides is 1. The molecule has 0 spiro atoms. The SMILES string of the molecule is N=C(c1ccc(C(F)(F)F)cc1)C1CCN(C(=O)C2CCN(Cc3cnc(N)nc3)CC2)CC1. The summed E-state index contributed by atoms with van der Waals surface area (Å²) in [7, 11) is 0. The summed E-state index contributed by atoms with van der Waals surface area (Å²) in [5.41, 5.74) is 6.67. The number of rotatable bonds is 5. The third-order valence-electron chi connectivity index (χ3n) is 6.81. The minimum atomic E-state index is -4.38. The Hall–Kier alpha value is -3.01. The minimum Gasteiger partial charge on any atom is -0.368 e. The highest BCUT2D eigenvalue weighted by atomic mass is 19.4. The Bertz CT molecular complexity index is 993. The Balaban J connectivity index is 1.23. The van der Waals surface area contributed by atoms with Crippen LogP contribution in [0.3, 0.4) is 0 Å². The summed E-state index contributed by atoms with van der Waals surface area (Å²) in [4.78, 5) is 25.3. The first-order chi connectivity index (χ1) is 16.2. The lowest BCUT2D eigenvalue weighted by atomic mass is 9.87. The van der Waals surface area contributed by atoms with E-state index in [-0.39, 0.29) is 23.7 Å². The summed E-state index contributed by atoms with van der Waals surface area (Å²) >= 11 is 0. The molecule has 0 bridgehead atoms. The molecule has 2 fully saturated rings. The number of anilines is 1. The van der Waals surface area contributed by atoms with Crippen LogP contribution in [0.5, 0.6) is 0 Å². The van der Waals surface area contributed by atoms with Gasteiger partial charge in [-0.3, -0.25) is 9.69 Å². The van der Waals surface area contributed by atoms with E-state index in [9.17, 15) is 18.0 Å². The number of likely N-dealkylation sites (tertiary alicyclic amines) is 2. The van der Waals surface area contributed by atoms with Crippen LogP contribution in [0.25, 0.3) is 0 Å². The molecule has 2 saturated heterocycles. The van der Waals surface area contributed by atoms with Crippen molar-refractivity contribution in [3.05, 3.63) is 53.3 Å². The number of nitrogens with two attached hydrogens (primary N) is 1. The van der Waals surface area contributed by atoms with Gasteiger partial charge in [-0.05, 0) is 56.5 Å². The van der Waals surface area contributed by atoms with E-state index in [2.05, 4.69) is 14.9 Å². The van der Waals surface area contributed by atoms with Crippen molar-refractivity contribution in [2.24, 2.45) is 11.8 Å². The average Bonchev–Trinajstić information content (AvgIpc) is 2.85. The first-order valence-corrected chi connectivity index (χ1v) is 11.5. The molecule has 1 aromatic heterocycles. The van der Waals surface area contributed by atoms with Gasteiger partial charge >= 0.3 is 6.18 Å². The maximum Gasteiger partial charge on any atom is 0.416 e. The van der Waals surface area contributed by atoms with Crippen molar-refractivity contribution in [1.29, 1.82) is 5.41 Å². The number of piperidine rings is 2. The molecule has 2 aromatic rings. The number of nitrogens with one attached hydrogen (secondary N) is 1. The van der Waals surface area contributed by atoms with Crippen LogP contribution in [-0.2, 0) is 17.5 Å². The van der Waals surface area contributed by atoms with Crippen LogP contribution < -0.4 is 5.73 Å². The van der Waals surface area contributed by atoms with Crippen molar-refractivity contribution in [3.63, 3.8) is 0 Å². The van der Waals surface area contributed by atoms with Gasteiger partial charge in [0.2, 0.25) is 11.9 Å². The van der Waals surface area contributed by atoms with Crippen molar-refractivity contribution in [3.8, 4) is 0 Å². The lowest BCUT2D eigenvalue weighted by molar-refractivity contribution is -0.138. The summed E-state index contributed by atoms with van der Waals surface area (Å²) in [6.07, 6.45) is 1.99. The summed E-state index contributed by atoms with van der Waals surface area (Å²) in [5.74, 6) is 0.385. The number of hydrogen-bond acceptors (Lipinski definition) is 6. The molecule has 0 aliphatic carbocycles. The molecule has 7 nitrogen and oxygen atoms in total. The van der Waals surface area contributed by atoms with Crippen LogP contribution in [0.4, 0.5) is 19.1 Å². The van der Waals surface area contributed by atoms with Gasteiger partial charge in [0.05, 0.1) is 5.56 Å². The fourth-order valence-electron chi connectivity index (χ4n) is 4.76. The lowest BCUT2D eigenvalue weighted by Crippen LogP contribution is -2.46. The van der Waals surface area contributed by atoms with Gasteiger partial charge in [-0.15, -0.1) is 0 Å². The zero-order valence-corrected chi connectivity index (χ0v) is 18.9. The number of carbonyl (C=O) groups excluding carboxylic acids is 1. The van der Waals surface area contributed by atoms with Gasteiger partial charge < -0.3 is 16.0 Å². The Morgan fingerprint density at radius 1 is 0.971 bits per heavy atom. The fraction of sp³-hybridized carbons (Fsp3) is 0.500. The highest BCUT2D eigenvalue weighted by molar-refractivity contribution is 6.00. The van der Waals surface area contributed by atoms with Gasteiger partial charge in [-0.2, -0.15) is 13.2 Å². The topological polar surface area (TPSA) is 99.2 Å². The summed E-state index contributed by atoms with van der Waals surface area (Å²) < 4.78 is 38.3. The van der Waals surface area contributed by atoms with Crippen molar-refractivity contribution in [2.75, 3.05) is 31.9 Å². The second-order valence-electron chi connectivity index (χ2n) is 9.09. The second kappa shape index (κ2) is 10.1. The molecule has 10 heteroatoms. The number of aromatic nitrogens is 2. The smallest absolute Gasteiger partial charge is 0.368 e. The van der Waals surface area contributed by atoms with Crippen molar-refractivity contribution in [1.82, 2.24) is 19.8 Å². The molecule has 182 valence electrons. The monoisotopic (exact) mass is 474 g/mol. The number of benzene rings is 1. The molecule has 2 aliphatic rings. The Morgan fingerprint density at radius 2 is 1.53 bits per heavy atom. The van der Waals surface area contributed by atoms with Crippen LogP contribution in [0.15, 0.2) is 36.7 Å². The van der Waals surface area contributed by atoms with Gasteiger partial charge in [0, 0.05) is 55.1 Å². The third kappa shape index (κ3) is 5.72. The number of nitrogens with zero attached hydrogens (tertiary/aromatic N) is 4. The van der Waals surface area contributed by atoms with Crippen LogP contribution in [-0.4, -0.2) is 57.6 Å². The number of carbonyl (C=O) groups is 1. The quantitative estimate of drug-likeness (QED) is 0.646. The van der Waals surface area contributed by atoms with E-state index in [1.165, 1.54) is 12.1 Å². The summed E-state index contributed by atoms with van der Waals surface area (Å²) in [6.45, 7) is 3.55. The van der Waals surface area contributed by atoms with Crippen LogP contribution in [0.1, 0.15) is 42.4 Å². The van der Waals surface area contributed by atoms with E-state index < -0.39 is 11.7 Å². The second-order valence-corrected chi connectivity index (χ2v) is 9.09. The van der Waals surface area contributed by atoms with Crippen LogP contribution in [0, 0.1) is 17.2 Å². The van der Waals surface area contributed by atoms with Crippen molar-refractivity contribution < 1.29 is 18.0 Å². The molecule has 0 radical (unpaired) electrons. The molecule has 0 saturated carbocycles. The molecule has 1 aromatic carbocycles. The molecule has 1 amide bonds. The maximum atomic E-state index is 13.0. The highest BCUT2D eigenvalue weighted by Gasteiger charge is 2.33. The van der Waals surface area contributed by atoms with Crippen LogP contribution in [0.2, 0.25) is 0 Å². The molecule has 3 N–H and O–H groups in total. The predicted octanol–water partition coefficient (Wildman–Crippen LogP) is 3.60. The fourth-order valence-corrected chi connectivity index (χ4v) is 4.76. The predicted molar refractivity (Wildman–Crippen MR) is 122 cm³/mol. The molecule has 4 rings (SSSR count). The molecular weight excluding hydrogens is 445 g/mol. The van der Waals surface area contributed by atoms with E-state index in [1.807, 2.05) is 4.90 Å². The van der Waals surface area contributed by atoms with Gasteiger partial charge in [-0.25, -0.2) is 9.97 Å². The lowest BCUT2D eigenvalue weighted by Gasteiger charge is -2.37. The van der Waals surface area contributed by atoms with Gasteiger partial charge in [-0.1, -0.05) is 12.1 Å². The van der Waals surface area contributed by atoms with Gasteiger partial charge in [0.1, 0.15) is 0 Å². The number of nitrogen functional groups attached to an aromatic ring is 1. The average molecular weight is 475 g/mol. The third-order valence-corrected chi connectivity index (χ3v) is 6.81.